The molecule has 2 rings (SSSR count). The fourth-order valence-corrected chi connectivity index (χ4v) is 2.57. The molecule has 1 aromatic carbocycles. The number of aryl methyl sites for hydroxylation is 1. The molecule has 0 fully saturated rings. The number of hydrogen-bond acceptors (Lipinski definition) is 4. The number of aliphatic hydroxyl groups excluding tert-OH is 1. The minimum Gasteiger partial charge on any atom is -0.494 e. The number of aromatic nitrogens is 2. The molecule has 0 aliphatic rings. The summed E-state index contributed by atoms with van der Waals surface area (Å²) in [5.41, 5.74) is 2.16. The first kappa shape index (κ1) is 18.0. The summed E-state index contributed by atoms with van der Waals surface area (Å²) in [5.74, 6) is 0.778. The van der Waals surface area contributed by atoms with E-state index in [0.717, 1.165) is 11.3 Å². The highest BCUT2D eigenvalue weighted by atomic mass is 16.5. The number of hydrogen-bond donors (Lipinski definition) is 2. The maximum atomic E-state index is 12.3. The summed E-state index contributed by atoms with van der Waals surface area (Å²) in [4.78, 5) is 12.3. The average molecular weight is 331 g/mol. The van der Waals surface area contributed by atoms with Crippen molar-refractivity contribution in [1.82, 2.24) is 15.1 Å². The summed E-state index contributed by atoms with van der Waals surface area (Å²) in [6.07, 6.45) is 2.44. The fourth-order valence-electron chi connectivity index (χ4n) is 2.57. The maximum absolute atomic E-state index is 12.3. The van der Waals surface area contributed by atoms with Gasteiger partial charge in [-0.25, -0.2) is 4.68 Å². The lowest BCUT2D eigenvalue weighted by Crippen LogP contribution is -2.38. The SMILES string of the molecule is COc1ccc(C)cc1-n1ccc(C(=O)NC(CO)CC(C)C)n1. The molecule has 0 aliphatic heterocycles. The summed E-state index contributed by atoms with van der Waals surface area (Å²) in [6.45, 7) is 6.00. The minimum absolute atomic E-state index is 0.0870. The van der Waals surface area contributed by atoms with Gasteiger partial charge in [0.2, 0.25) is 0 Å². The summed E-state index contributed by atoms with van der Waals surface area (Å²) in [5, 5.41) is 16.6. The summed E-state index contributed by atoms with van der Waals surface area (Å²) < 4.78 is 6.98. The zero-order valence-electron chi connectivity index (χ0n) is 14.6. The van der Waals surface area contributed by atoms with Crippen molar-refractivity contribution in [3.63, 3.8) is 0 Å². The predicted octanol–water partition coefficient (Wildman–Crippen LogP) is 2.33. The zero-order chi connectivity index (χ0) is 17.7. The molecule has 0 radical (unpaired) electrons. The van der Waals surface area contributed by atoms with Crippen molar-refractivity contribution in [3.05, 3.63) is 41.7 Å². The van der Waals surface area contributed by atoms with E-state index in [4.69, 9.17) is 4.74 Å². The molecule has 6 nitrogen and oxygen atoms in total. The lowest BCUT2D eigenvalue weighted by atomic mass is 10.0. The largest absolute Gasteiger partial charge is 0.494 e. The van der Waals surface area contributed by atoms with E-state index in [1.165, 1.54) is 0 Å². The van der Waals surface area contributed by atoms with Crippen LogP contribution in [-0.2, 0) is 0 Å². The van der Waals surface area contributed by atoms with Gasteiger partial charge in [-0.1, -0.05) is 19.9 Å². The Morgan fingerprint density at radius 3 is 2.75 bits per heavy atom. The van der Waals surface area contributed by atoms with Crippen molar-refractivity contribution in [3.8, 4) is 11.4 Å². The van der Waals surface area contributed by atoms with Gasteiger partial charge < -0.3 is 15.2 Å². The number of nitrogens with one attached hydrogen (secondary N) is 1. The van der Waals surface area contributed by atoms with Crippen LogP contribution in [0, 0.1) is 12.8 Å². The van der Waals surface area contributed by atoms with Gasteiger partial charge in [-0.2, -0.15) is 5.10 Å². The normalized spacial score (nSPS) is 12.2. The smallest absolute Gasteiger partial charge is 0.272 e. The van der Waals surface area contributed by atoms with E-state index in [9.17, 15) is 9.90 Å². The van der Waals surface area contributed by atoms with Gasteiger partial charge in [0.15, 0.2) is 5.69 Å². The van der Waals surface area contributed by atoms with Gasteiger partial charge in [0.25, 0.3) is 5.91 Å². The monoisotopic (exact) mass is 331 g/mol. The molecule has 6 heteroatoms. The first-order chi connectivity index (χ1) is 11.4. The molecule has 1 amide bonds. The number of aliphatic hydroxyl groups is 1. The van der Waals surface area contributed by atoms with E-state index in [1.54, 1.807) is 24.1 Å². The summed E-state index contributed by atoms with van der Waals surface area (Å²) in [6, 6.07) is 7.16. The van der Waals surface area contributed by atoms with E-state index in [0.29, 0.717) is 23.8 Å². The maximum Gasteiger partial charge on any atom is 0.272 e. The second-order valence-electron chi connectivity index (χ2n) is 6.30. The highest BCUT2D eigenvalue weighted by Crippen LogP contribution is 2.23. The van der Waals surface area contributed by atoms with Crippen LogP contribution in [0.25, 0.3) is 5.69 Å². The van der Waals surface area contributed by atoms with E-state index in [1.807, 2.05) is 39.0 Å². The molecule has 1 atom stereocenters. The van der Waals surface area contributed by atoms with Crippen molar-refractivity contribution < 1.29 is 14.6 Å². The number of nitrogens with zero attached hydrogens (tertiary/aromatic N) is 2. The van der Waals surface area contributed by atoms with Crippen LogP contribution < -0.4 is 10.1 Å². The highest BCUT2D eigenvalue weighted by molar-refractivity contribution is 5.92. The Balaban J connectivity index is 2.18. The Labute approximate surface area is 142 Å². The number of amides is 1. The first-order valence-corrected chi connectivity index (χ1v) is 8.07. The zero-order valence-corrected chi connectivity index (χ0v) is 14.6. The van der Waals surface area contributed by atoms with E-state index in [2.05, 4.69) is 10.4 Å². The molecule has 1 aromatic heterocycles. The molecule has 1 heterocycles. The van der Waals surface area contributed by atoms with Gasteiger partial charge in [0.1, 0.15) is 11.4 Å². The van der Waals surface area contributed by atoms with Crippen molar-refractivity contribution in [1.29, 1.82) is 0 Å². The van der Waals surface area contributed by atoms with Crippen molar-refractivity contribution >= 4 is 5.91 Å². The Bertz CT molecular complexity index is 695. The predicted molar refractivity (Wildman–Crippen MR) is 92.6 cm³/mol. The van der Waals surface area contributed by atoms with Crippen LogP contribution in [0.4, 0.5) is 0 Å². The topological polar surface area (TPSA) is 76.4 Å². The fraction of sp³-hybridized carbons (Fsp3) is 0.444. The Hall–Kier alpha value is -2.34. The van der Waals surface area contributed by atoms with Crippen LogP contribution in [0.2, 0.25) is 0 Å². The second kappa shape index (κ2) is 7.97. The molecule has 2 aromatic rings. The van der Waals surface area contributed by atoms with Crippen LogP contribution in [-0.4, -0.2) is 40.6 Å². The van der Waals surface area contributed by atoms with Gasteiger partial charge in [-0.15, -0.1) is 0 Å². The van der Waals surface area contributed by atoms with E-state index < -0.39 is 0 Å². The standard InChI is InChI=1S/C18H25N3O3/c1-12(2)9-14(11-22)19-18(23)15-7-8-21(20-15)16-10-13(3)5-6-17(16)24-4/h5-8,10,12,14,22H,9,11H2,1-4H3,(H,19,23). The van der Waals surface area contributed by atoms with Gasteiger partial charge in [-0.3, -0.25) is 4.79 Å². The highest BCUT2D eigenvalue weighted by Gasteiger charge is 2.17. The number of ether oxygens (including phenoxy) is 1. The molecule has 0 saturated carbocycles. The van der Waals surface area contributed by atoms with Crippen LogP contribution in [0.5, 0.6) is 5.75 Å². The van der Waals surface area contributed by atoms with E-state index in [-0.39, 0.29) is 18.6 Å². The van der Waals surface area contributed by atoms with Crippen molar-refractivity contribution in [2.75, 3.05) is 13.7 Å². The quantitative estimate of drug-likeness (QED) is 0.816. The van der Waals surface area contributed by atoms with Crippen LogP contribution in [0.1, 0.15) is 36.3 Å². The number of carbonyl (C=O) groups excluding carboxylic acids is 1. The summed E-state index contributed by atoms with van der Waals surface area (Å²) in [7, 11) is 1.60. The van der Waals surface area contributed by atoms with Gasteiger partial charge >= 0.3 is 0 Å². The first-order valence-electron chi connectivity index (χ1n) is 8.07. The Kier molecular flexibility index (Phi) is 5.98. The number of rotatable bonds is 7. The second-order valence-corrected chi connectivity index (χ2v) is 6.30. The van der Waals surface area contributed by atoms with Crippen molar-refractivity contribution in [2.24, 2.45) is 5.92 Å². The molecule has 130 valence electrons. The Morgan fingerprint density at radius 1 is 1.38 bits per heavy atom. The van der Waals surface area contributed by atoms with Gasteiger partial charge in [-0.05, 0) is 43.0 Å². The third-order valence-electron chi connectivity index (χ3n) is 3.71. The molecule has 24 heavy (non-hydrogen) atoms. The Morgan fingerprint density at radius 2 is 2.12 bits per heavy atom. The summed E-state index contributed by atoms with van der Waals surface area (Å²) >= 11 is 0. The molecule has 0 bridgehead atoms. The number of benzene rings is 1. The molecule has 0 saturated heterocycles. The van der Waals surface area contributed by atoms with Crippen LogP contribution in [0.15, 0.2) is 30.5 Å². The number of methoxy groups -OCH3 is 1. The van der Waals surface area contributed by atoms with E-state index >= 15 is 0 Å². The van der Waals surface area contributed by atoms with Crippen LogP contribution in [0.3, 0.4) is 0 Å². The third-order valence-corrected chi connectivity index (χ3v) is 3.71. The van der Waals surface area contributed by atoms with Crippen molar-refractivity contribution in [2.45, 2.75) is 33.2 Å². The number of carbonyl (C=O) groups is 1. The molecule has 0 spiro atoms. The van der Waals surface area contributed by atoms with Gasteiger partial charge in [0.05, 0.1) is 19.8 Å². The molecule has 0 aliphatic carbocycles. The van der Waals surface area contributed by atoms with Gasteiger partial charge in [0, 0.05) is 6.20 Å². The molecule has 2 N–H and O–H groups in total. The third kappa shape index (κ3) is 4.35. The average Bonchev–Trinajstić information content (AvgIpc) is 3.03. The molecule has 1 unspecified atom stereocenters. The lowest BCUT2D eigenvalue weighted by molar-refractivity contribution is 0.0903. The molecular formula is C18H25N3O3. The lowest BCUT2D eigenvalue weighted by Gasteiger charge is -2.17. The van der Waals surface area contributed by atoms with Crippen LogP contribution >= 0.6 is 0 Å². The molecular weight excluding hydrogens is 306 g/mol. The minimum atomic E-state index is -0.292.